The Hall–Kier alpha value is -0.570. The first-order valence-electron chi connectivity index (χ1n) is 5.53. The van der Waals surface area contributed by atoms with Crippen LogP contribution >= 0.6 is 0 Å². The van der Waals surface area contributed by atoms with Gasteiger partial charge in [-0.15, -0.1) is 0 Å². The third-order valence-corrected chi connectivity index (χ3v) is 1.98. The first-order chi connectivity index (χ1) is 6.65. The maximum absolute atomic E-state index is 11.2. The maximum atomic E-state index is 11.2. The zero-order chi connectivity index (χ0) is 11.6. The Morgan fingerprint density at radius 1 is 1.29 bits per heavy atom. The summed E-state index contributed by atoms with van der Waals surface area (Å²) >= 11 is 0. The second kappa shape index (κ2) is 10.5. The van der Waals surface area contributed by atoms with Crippen LogP contribution in [-0.4, -0.2) is 25.2 Å². The van der Waals surface area contributed by atoms with Gasteiger partial charge in [0, 0.05) is 0 Å². The van der Waals surface area contributed by atoms with Crippen molar-refractivity contribution < 1.29 is 9.53 Å². The van der Waals surface area contributed by atoms with E-state index in [-0.39, 0.29) is 18.1 Å². The summed E-state index contributed by atoms with van der Waals surface area (Å²) in [6.45, 7) is 9.84. The molecular weight excluding hydrogens is 178 g/mol. The maximum Gasteiger partial charge on any atom is 0.323 e. The lowest BCUT2D eigenvalue weighted by atomic mass is 10.2. The Bertz CT molecular complexity index is 133. The number of hydrogen-bond donors (Lipinski definition) is 1. The fourth-order valence-electron chi connectivity index (χ4n) is 0.840. The van der Waals surface area contributed by atoms with E-state index in [1.54, 1.807) is 14.0 Å². The first kappa shape index (κ1) is 15.9. The molecule has 1 N–H and O–H groups in total. The Balaban J connectivity index is 0. The fraction of sp³-hybridized carbons (Fsp3) is 0.909. The summed E-state index contributed by atoms with van der Waals surface area (Å²) < 4.78 is 5.20. The summed E-state index contributed by atoms with van der Waals surface area (Å²) in [6.07, 6.45) is 1.85. The molecule has 0 heterocycles. The minimum absolute atomic E-state index is 0.0771. The lowest BCUT2D eigenvalue weighted by Gasteiger charge is -2.16. The third-order valence-electron chi connectivity index (χ3n) is 1.98. The number of nitrogens with one attached hydrogen (secondary N) is 1. The van der Waals surface area contributed by atoms with Gasteiger partial charge in [0.05, 0.1) is 0 Å². The quantitative estimate of drug-likeness (QED) is 0.697. The van der Waals surface area contributed by atoms with Crippen LogP contribution in [0.3, 0.4) is 0 Å². The molecule has 1 atom stereocenters. The molecule has 0 unspecified atom stereocenters. The van der Waals surface area contributed by atoms with Crippen molar-refractivity contribution in [3.8, 4) is 0 Å². The standard InChI is InChI=1S/C9H19NO2.C2H6/c1-5-8(6-2)12-9(11)7(3)10-4;1-2/h7-8,10H,5-6H2,1-4H3;1-2H3/t7-;/m0./s1. The van der Waals surface area contributed by atoms with Gasteiger partial charge in [0.15, 0.2) is 0 Å². The molecule has 0 aliphatic carbocycles. The molecule has 0 aromatic heterocycles. The van der Waals surface area contributed by atoms with E-state index in [9.17, 15) is 4.79 Å². The largest absolute Gasteiger partial charge is 0.461 e. The highest BCUT2D eigenvalue weighted by molar-refractivity contribution is 5.75. The molecule has 0 rings (SSSR count). The van der Waals surface area contributed by atoms with E-state index in [1.165, 1.54) is 0 Å². The molecule has 0 spiro atoms. The Kier molecular flexibility index (Phi) is 11.9. The van der Waals surface area contributed by atoms with Crippen molar-refractivity contribution >= 4 is 5.97 Å². The van der Waals surface area contributed by atoms with Crippen molar-refractivity contribution in [2.75, 3.05) is 7.05 Å². The zero-order valence-corrected chi connectivity index (χ0v) is 10.4. The highest BCUT2D eigenvalue weighted by atomic mass is 16.5. The summed E-state index contributed by atoms with van der Waals surface area (Å²) in [7, 11) is 1.75. The molecule has 3 heteroatoms. The number of ether oxygens (including phenoxy) is 1. The Labute approximate surface area is 88.2 Å². The minimum Gasteiger partial charge on any atom is -0.461 e. The summed E-state index contributed by atoms with van der Waals surface area (Å²) in [5.74, 6) is -0.161. The van der Waals surface area contributed by atoms with Gasteiger partial charge in [0.1, 0.15) is 12.1 Å². The molecule has 0 aliphatic heterocycles. The average molecular weight is 203 g/mol. The second-order valence-electron chi connectivity index (χ2n) is 2.89. The van der Waals surface area contributed by atoms with Crippen LogP contribution in [0.15, 0.2) is 0 Å². The van der Waals surface area contributed by atoms with Crippen LogP contribution in [-0.2, 0) is 9.53 Å². The molecule has 0 fully saturated rings. The van der Waals surface area contributed by atoms with Gasteiger partial charge in [-0.05, 0) is 26.8 Å². The van der Waals surface area contributed by atoms with Crippen LogP contribution < -0.4 is 5.32 Å². The van der Waals surface area contributed by atoms with Gasteiger partial charge in [-0.25, -0.2) is 0 Å². The number of esters is 1. The topological polar surface area (TPSA) is 38.3 Å². The van der Waals surface area contributed by atoms with Crippen LogP contribution in [0, 0.1) is 0 Å². The number of hydrogen-bond acceptors (Lipinski definition) is 3. The highest BCUT2D eigenvalue weighted by Gasteiger charge is 2.15. The van der Waals surface area contributed by atoms with Crippen molar-refractivity contribution in [3.05, 3.63) is 0 Å². The Morgan fingerprint density at radius 3 is 2.00 bits per heavy atom. The number of carbonyl (C=O) groups is 1. The van der Waals surface area contributed by atoms with Gasteiger partial charge in [-0.1, -0.05) is 27.7 Å². The molecule has 0 aromatic rings. The average Bonchev–Trinajstić information content (AvgIpc) is 2.26. The van der Waals surface area contributed by atoms with E-state index in [4.69, 9.17) is 4.74 Å². The van der Waals surface area contributed by atoms with E-state index >= 15 is 0 Å². The van der Waals surface area contributed by atoms with E-state index in [0.29, 0.717) is 0 Å². The smallest absolute Gasteiger partial charge is 0.323 e. The molecule has 0 aromatic carbocycles. The molecule has 0 saturated heterocycles. The monoisotopic (exact) mass is 203 g/mol. The van der Waals surface area contributed by atoms with Crippen LogP contribution in [0.25, 0.3) is 0 Å². The zero-order valence-electron chi connectivity index (χ0n) is 10.4. The van der Waals surface area contributed by atoms with E-state index in [0.717, 1.165) is 12.8 Å². The van der Waals surface area contributed by atoms with Crippen LogP contribution in [0.4, 0.5) is 0 Å². The minimum atomic E-state index is -0.203. The second-order valence-corrected chi connectivity index (χ2v) is 2.89. The molecule has 3 nitrogen and oxygen atoms in total. The SMILES string of the molecule is CC.CCC(CC)OC(=O)[C@H](C)NC. The molecule has 0 bridgehead atoms. The van der Waals surface area contributed by atoms with Gasteiger partial charge >= 0.3 is 5.97 Å². The van der Waals surface area contributed by atoms with Crippen molar-refractivity contribution in [3.63, 3.8) is 0 Å². The summed E-state index contributed by atoms with van der Waals surface area (Å²) in [5, 5.41) is 2.84. The molecule has 14 heavy (non-hydrogen) atoms. The van der Waals surface area contributed by atoms with Crippen molar-refractivity contribution in [2.45, 2.75) is 59.6 Å². The van der Waals surface area contributed by atoms with Crippen LogP contribution in [0.2, 0.25) is 0 Å². The van der Waals surface area contributed by atoms with Gasteiger partial charge < -0.3 is 10.1 Å². The molecule has 86 valence electrons. The van der Waals surface area contributed by atoms with E-state index in [1.807, 2.05) is 27.7 Å². The molecular formula is C11H25NO2. The Morgan fingerprint density at radius 2 is 1.71 bits per heavy atom. The number of carbonyl (C=O) groups excluding carboxylic acids is 1. The summed E-state index contributed by atoms with van der Waals surface area (Å²) in [6, 6.07) is -0.203. The lowest BCUT2D eigenvalue weighted by molar-refractivity contribution is -0.151. The third kappa shape index (κ3) is 6.89. The fourth-order valence-corrected chi connectivity index (χ4v) is 0.840. The van der Waals surface area contributed by atoms with Crippen molar-refractivity contribution in [1.29, 1.82) is 0 Å². The summed E-state index contributed by atoms with van der Waals surface area (Å²) in [4.78, 5) is 11.2. The highest BCUT2D eigenvalue weighted by Crippen LogP contribution is 2.03. The van der Waals surface area contributed by atoms with Gasteiger partial charge in [0.2, 0.25) is 0 Å². The van der Waals surface area contributed by atoms with Crippen molar-refractivity contribution in [1.82, 2.24) is 5.32 Å². The molecule has 0 radical (unpaired) electrons. The van der Waals surface area contributed by atoms with Gasteiger partial charge in [-0.2, -0.15) is 0 Å². The molecule has 0 aliphatic rings. The van der Waals surface area contributed by atoms with Crippen molar-refractivity contribution in [2.24, 2.45) is 0 Å². The van der Waals surface area contributed by atoms with Crippen LogP contribution in [0.5, 0.6) is 0 Å². The number of rotatable bonds is 5. The first-order valence-corrected chi connectivity index (χ1v) is 5.53. The molecule has 0 saturated carbocycles. The predicted octanol–water partition coefficient (Wildman–Crippen LogP) is 2.35. The number of likely N-dealkylation sites (N-methyl/N-ethyl adjacent to an activating group) is 1. The predicted molar refractivity (Wildman–Crippen MR) is 60.3 cm³/mol. The van der Waals surface area contributed by atoms with E-state index < -0.39 is 0 Å². The van der Waals surface area contributed by atoms with Gasteiger partial charge in [0.25, 0.3) is 0 Å². The van der Waals surface area contributed by atoms with Crippen LogP contribution in [0.1, 0.15) is 47.5 Å². The lowest BCUT2D eigenvalue weighted by Crippen LogP contribution is -2.34. The van der Waals surface area contributed by atoms with E-state index in [2.05, 4.69) is 5.32 Å². The summed E-state index contributed by atoms with van der Waals surface area (Å²) in [5.41, 5.74) is 0. The normalized spacial score (nSPS) is 11.6. The molecule has 0 amide bonds. The van der Waals surface area contributed by atoms with Gasteiger partial charge in [-0.3, -0.25) is 4.79 Å².